The van der Waals surface area contributed by atoms with E-state index in [0.29, 0.717) is 11.3 Å². The quantitative estimate of drug-likeness (QED) is 0.600. The van der Waals surface area contributed by atoms with Crippen LogP contribution in [0.3, 0.4) is 0 Å². The van der Waals surface area contributed by atoms with Crippen LogP contribution in [0.15, 0.2) is 53.4 Å². The van der Waals surface area contributed by atoms with Gasteiger partial charge in [0, 0.05) is 6.26 Å². The second kappa shape index (κ2) is 7.28. The molecular weight excluding hydrogens is 316 g/mol. The molecule has 0 amide bonds. The maximum Gasteiger partial charge on any atom is 0.338 e. The van der Waals surface area contributed by atoms with E-state index in [-0.39, 0.29) is 23.7 Å². The van der Waals surface area contributed by atoms with Crippen molar-refractivity contribution in [2.75, 3.05) is 19.5 Å². The Morgan fingerprint density at radius 3 is 2.39 bits per heavy atom. The number of rotatable bonds is 6. The summed E-state index contributed by atoms with van der Waals surface area (Å²) in [5.74, 6) is 0.128. The maximum absolute atomic E-state index is 12.1. The van der Waals surface area contributed by atoms with Gasteiger partial charge in [0.2, 0.25) is 0 Å². The van der Waals surface area contributed by atoms with Crippen molar-refractivity contribution in [1.82, 2.24) is 0 Å². The van der Waals surface area contributed by atoms with E-state index in [9.17, 15) is 13.2 Å². The summed E-state index contributed by atoms with van der Waals surface area (Å²) < 4.78 is 33.7. The number of esters is 1. The van der Waals surface area contributed by atoms with Crippen LogP contribution in [-0.2, 0) is 14.6 Å². The molecule has 122 valence electrons. The van der Waals surface area contributed by atoms with Gasteiger partial charge in [0.25, 0.3) is 0 Å². The third-order valence-corrected chi connectivity index (χ3v) is 4.30. The minimum absolute atomic E-state index is 0.0796. The molecule has 0 aliphatic heterocycles. The molecule has 5 nitrogen and oxygen atoms in total. The van der Waals surface area contributed by atoms with Gasteiger partial charge in [-0.05, 0) is 36.8 Å². The zero-order chi connectivity index (χ0) is 16.9. The molecular formula is C17H18O5S. The second-order valence-corrected chi connectivity index (χ2v) is 7.06. The first-order valence-electron chi connectivity index (χ1n) is 7.03. The van der Waals surface area contributed by atoms with Crippen LogP contribution < -0.4 is 4.74 Å². The molecule has 0 spiro atoms. The Hall–Kier alpha value is -2.34. The summed E-state index contributed by atoms with van der Waals surface area (Å²) in [5.41, 5.74) is 0.902. The molecule has 0 unspecified atom stereocenters. The monoisotopic (exact) mass is 334 g/mol. The van der Waals surface area contributed by atoms with Crippen LogP contribution in [0.4, 0.5) is 0 Å². The summed E-state index contributed by atoms with van der Waals surface area (Å²) in [6.45, 7) is 2.03. The van der Waals surface area contributed by atoms with Gasteiger partial charge < -0.3 is 9.47 Å². The molecule has 2 aromatic rings. The van der Waals surface area contributed by atoms with E-state index >= 15 is 0 Å². The van der Waals surface area contributed by atoms with E-state index in [1.807, 2.05) is 30.3 Å². The Morgan fingerprint density at radius 1 is 1.04 bits per heavy atom. The predicted octanol–water partition coefficient (Wildman–Crippen LogP) is 2.63. The Balaban J connectivity index is 1.95. The zero-order valence-corrected chi connectivity index (χ0v) is 13.8. The molecule has 23 heavy (non-hydrogen) atoms. The highest BCUT2D eigenvalue weighted by Gasteiger charge is 2.15. The van der Waals surface area contributed by atoms with E-state index in [4.69, 9.17) is 9.47 Å². The Bertz CT molecular complexity index is 782. The summed E-state index contributed by atoms with van der Waals surface area (Å²) >= 11 is 0. The van der Waals surface area contributed by atoms with Crippen molar-refractivity contribution in [3.63, 3.8) is 0 Å². The second-order valence-electron chi connectivity index (χ2n) is 5.05. The average molecular weight is 334 g/mol. The van der Waals surface area contributed by atoms with Crippen LogP contribution in [0.5, 0.6) is 5.75 Å². The summed E-state index contributed by atoms with van der Waals surface area (Å²) in [4.78, 5) is 12.2. The molecule has 2 rings (SSSR count). The smallest absolute Gasteiger partial charge is 0.338 e. The molecule has 0 saturated carbocycles. The standard InChI is InChI=1S/C17H18O5S/c1-13-8-9-15(23(2,19)20)12-16(13)17(18)22-11-10-21-14-6-4-3-5-7-14/h3-9,12H,10-11H2,1-2H3. The maximum atomic E-state index is 12.1. The molecule has 0 aromatic heterocycles. The number of aryl methyl sites for hydroxylation is 1. The van der Waals surface area contributed by atoms with Gasteiger partial charge in [-0.1, -0.05) is 24.3 Å². The van der Waals surface area contributed by atoms with E-state index in [2.05, 4.69) is 0 Å². The Labute approximate surface area is 135 Å². The van der Waals surface area contributed by atoms with Gasteiger partial charge >= 0.3 is 5.97 Å². The molecule has 6 heteroatoms. The lowest BCUT2D eigenvalue weighted by Crippen LogP contribution is -2.14. The van der Waals surface area contributed by atoms with Crippen molar-refractivity contribution >= 4 is 15.8 Å². The average Bonchev–Trinajstić information content (AvgIpc) is 2.51. The highest BCUT2D eigenvalue weighted by Crippen LogP contribution is 2.16. The number of ether oxygens (including phenoxy) is 2. The van der Waals surface area contributed by atoms with Crippen molar-refractivity contribution in [1.29, 1.82) is 0 Å². The van der Waals surface area contributed by atoms with Crippen molar-refractivity contribution in [3.8, 4) is 5.75 Å². The molecule has 0 N–H and O–H groups in total. The first-order chi connectivity index (χ1) is 10.9. The van der Waals surface area contributed by atoms with E-state index in [0.717, 1.165) is 6.26 Å². The van der Waals surface area contributed by atoms with Crippen LogP contribution in [0.2, 0.25) is 0 Å². The molecule has 0 heterocycles. The number of sulfone groups is 1. The molecule has 0 aliphatic rings. The summed E-state index contributed by atoms with van der Waals surface area (Å²) in [5, 5.41) is 0. The minimum Gasteiger partial charge on any atom is -0.490 e. The molecule has 0 bridgehead atoms. The lowest BCUT2D eigenvalue weighted by atomic mass is 10.1. The van der Waals surface area contributed by atoms with Gasteiger partial charge in [0.05, 0.1) is 10.5 Å². The number of carbonyl (C=O) groups excluding carboxylic acids is 1. The molecule has 0 aliphatic carbocycles. The van der Waals surface area contributed by atoms with Crippen LogP contribution in [0.1, 0.15) is 15.9 Å². The van der Waals surface area contributed by atoms with Gasteiger partial charge in [-0.25, -0.2) is 13.2 Å². The van der Waals surface area contributed by atoms with Crippen molar-refractivity contribution in [3.05, 3.63) is 59.7 Å². The van der Waals surface area contributed by atoms with E-state index < -0.39 is 15.8 Å². The van der Waals surface area contributed by atoms with Crippen molar-refractivity contribution in [2.24, 2.45) is 0 Å². The number of benzene rings is 2. The number of hydrogen-bond donors (Lipinski definition) is 0. The molecule has 0 atom stereocenters. The van der Waals surface area contributed by atoms with Crippen LogP contribution >= 0.6 is 0 Å². The molecule has 0 saturated heterocycles. The normalized spacial score (nSPS) is 11.0. The molecule has 2 aromatic carbocycles. The zero-order valence-electron chi connectivity index (χ0n) is 13.0. The van der Waals surface area contributed by atoms with Crippen molar-refractivity contribution in [2.45, 2.75) is 11.8 Å². The molecule has 0 fully saturated rings. The number of para-hydroxylation sites is 1. The fraction of sp³-hybridized carbons (Fsp3) is 0.235. The van der Waals surface area contributed by atoms with Gasteiger partial charge in [-0.2, -0.15) is 0 Å². The summed E-state index contributed by atoms with van der Waals surface area (Å²) in [6.07, 6.45) is 1.10. The lowest BCUT2D eigenvalue weighted by Gasteiger charge is -2.09. The number of hydrogen-bond acceptors (Lipinski definition) is 5. The Morgan fingerprint density at radius 2 is 1.74 bits per heavy atom. The first-order valence-corrected chi connectivity index (χ1v) is 8.93. The van der Waals surface area contributed by atoms with E-state index in [1.54, 1.807) is 13.0 Å². The summed E-state index contributed by atoms with van der Waals surface area (Å²) in [6, 6.07) is 13.6. The predicted molar refractivity (Wildman–Crippen MR) is 86.5 cm³/mol. The van der Waals surface area contributed by atoms with Gasteiger partial charge in [-0.3, -0.25) is 0 Å². The largest absolute Gasteiger partial charge is 0.490 e. The third kappa shape index (κ3) is 4.82. The topological polar surface area (TPSA) is 69.7 Å². The lowest BCUT2D eigenvalue weighted by molar-refractivity contribution is 0.0449. The Kier molecular flexibility index (Phi) is 5.39. The summed E-state index contributed by atoms with van der Waals surface area (Å²) in [7, 11) is -3.37. The SMILES string of the molecule is Cc1ccc(S(C)(=O)=O)cc1C(=O)OCCOc1ccccc1. The van der Waals surface area contributed by atoms with Crippen LogP contribution in [-0.4, -0.2) is 33.9 Å². The first kappa shape index (κ1) is 17.0. The minimum atomic E-state index is -3.37. The highest BCUT2D eigenvalue weighted by atomic mass is 32.2. The van der Waals surface area contributed by atoms with Gasteiger partial charge in [-0.15, -0.1) is 0 Å². The van der Waals surface area contributed by atoms with Crippen LogP contribution in [0.25, 0.3) is 0 Å². The number of carbonyl (C=O) groups is 1. The van der Waals surface area contributed by atoms with E-state index in [1.165, 1.54) is 12.1 Å². The van der Waals surface area contributed by atoms with Gasteiger partial charge in [0.1, 0.15) is 19.0 Å². The molecule has 0 radical (unpaired) electrons. The fourth-order valence-corrected chi connectivity index (χ4v) is 2.59. The van der Waals surface area contributed by atoms with Crippen molar-refractivity contribution < 1.29 is 22.7 Å². The third-order valence-electron chi connectivity index (χ3n) is 3.19. The van der Waals surface area contributed by atoms with Crippen LogP contribution in [0, 0.1) is 6.92 Å². The highest BCUT2D eigenvalue weighted by molar-refractivity contribution is 7.90. The fourth-order valence-electron chi connectivity index (χ4n) is 1.94. The van der Waals surface area contributed by atoms with Gasteiger partial charge in [0.15, 0.2) is 9.84 Å².